The number of rotatable bonds is 5. The van der Waals surface area contributed by atoms with Crippen molar-refractivity contribution >= 4 is 50.2 Å². The molecule has 0 radical (unpaired) electrons. The fourth-order valence-corrected chi connectivity index (χ4v) is 3.99. The number of aromatic nitrogens is 2. The number of para-hydroxylation sites is 2. The molecule has 1 amide bonds. The maximum atomic E-state index is 14.5. The predicted molar refractivity (Wildman–Crippen MR) is 121 cm³/mol. The smallest absolute Gasteiger partial charge is 0.266 e. The summed E-state index contributed by atoms with van der Waals surface area (Å²) in [5.41, 5.74) is 0.853. The molecule has 1 heterocycles. The third-order valence-corrected chi connectivity index (χ3v) is 5.77. The third-order valence-electron chi connectivity index (χ3n) is 4.30. The minimum Gasteiger partial charge on any atom is -0.325 e. The van der Waals surface area contributed by atoms with Crippen molar-refractivity contribution in [2.45, 2.75) is 5.16 Å². The van der Waals surface area contributed by atoms with Crippen LogP contribution in [0.4, 0.5) is 10.1 Å². The van der Waals surface area contributed by atoms with E-state index in [9.17, 15) is 14.0 Å². The monoisotopic (exact) mass is 483 g/mol. The Morgan fingerprint density at radius 2 is 1.73 bits per heavy atom. The van der Waals surface area contributed by atoms with Crippen molar-refractivity contribution in [3.63, 3.8) is 0 Å². The van der Waals surface area contributed by atoms with Crippen molar-refractivity contribution in [3.05, 3.63) is 93.4 Å². The molecule has 0 saturated carbocycles. The molecule has 30 heavy (non-hydrogen) atoms. The van der Waals surface area contributed by atoms with Crippen molar-refractivity contribution in [2.24, 2.45) is 0 Å². The molecule has 4 rings (SSSR count). The van der Waals surface area contributed by atoms with Gasteiger partial charge in [-0.05, 0) is 48.5 Å². The molecular weight excluding hydrogens is 469 g/mol. The highest BCUT2D eigenvalue weighted by Crippen LogP contribution is 2.23. The molecule has 0 aliphatic carbocycles. The van der Waals surface area contributed by atoms with Gasteiger partial charge in [0, 0.05) is 10.2 Å². The van der Waals surface area contributed by atoms with Crippen LogP contribution in [-0.2, 0) is 4.79 Å². The summed E-state index contributed by atoms with van der Waals surface area (Å²) in [4.78, 5) is 30.0. The van der Waals surface area contributed by atoms with Crippen molar-refractivity contribution < 1.29 is 9.18 Å². The summed E-state index contributed by atoms with van der Waals surface area (Å²) >= 11 is 4.42. The summed E-state index contributed by atoms with van der Waals surface area (Å²) in [6, 6.07) is 20.1. The normalized spacial score (nSPS) is 10.9. The van der Waals surface area contributed by atoms with Gasteiger partial charge in [0.15, 0.2) is 5.16 Å². The molecule has 8 heteroatoms. The molecule has 1 aromatic heterocycles. The minimum atomic E-state index is -0.544. The van der Waals surface area contributed by atoms with Crippen molar-refractivity contribution in [1.82, 2.24) is 9.55 Å². The van der Waals surface area contributed by atoms with E-state index in [2.05, 4.69) is 26.2 Å². The molecule has 0 spiro atoms. The molecule has 4 aromatic rings. The van der Waals surface area contributed by atoms with E-state index < -0.39 is 5.82 Å². The zero-order valence-electron chi connectivity index (χ0n) is 15.5. The van der Waals surface area contributed by atoms with Gasteiger partial charge >= 0.3 is 0 Å². The van der Waals surface area contributed by atoms with Gasteiger partial charge in [0.05, 0.1) is 22.3 Å². The maximum Gasteiger partial charge on any atom is 0.266 e. The second-order valence-corrected chi connectivity index (χ2v) is 8.21. The molecule has 0 bridgehead atoms. The van der Waals surface area contributed by atoms with Crippen molar-refractivity contribution in [2.75, 3.05) is 11.1 Å². The first-order chi connectivity index (χ1) is 14.5. The van der Waals surface area contributed by atoms with Gasteiger partial charge < -0.3 is 5.32 Å². The van der Waals surface area contributed by atoms with E-state index >= 15 is 0 Å². The van der Waals surface area contributed by atoms with E-state index in [1.165, 1.54) is 16.7 Å². The van der Waals surface area contributed by atoms with Crippen molar-refractivity contribution in [1.29, 1.82) is 0 Å². The number of anilines is 1. The van der Waals surface area contributed by atoms with Crippen LogP contribution in [0.15, 0.2) is 87.2 Å². The van der Waals surface area contributed by atoms with E-state index in [1.54, 1.807) is 48.5 Å². The number of carbonyl (C=O) groups excluding carboxylic acids is 1. The SMILES string of the molecule is O=C(CSc1nc2ccccc2c(=O)n1-c1ccccc1F)Nc1ccc(Br)cc1. The number of fused-ring (bicyclic) bond motifs is 1. The summed E-state index contributed by atoms with van der Waals surface area (Å²) in [6.07, 6.45) is 0. The van der Waals surface area contributed by atoms with E-state index in [-0.39, 0.29) is 28.1 Å². The Morgan fingerprint density at radius 1 is 1.03 bits per heavy atom. The Bertz CT molecular complexity index is 1290. The van der Waals surface area contributed by atoms with E-state index in [4.69, 9.17) is 0 Å². The van der Waals surface area contributed by atoms with Gasteiger partial charge in [-0.2, -0.15) is 0 Å². The first-order valence-electron chi connectivity index (χ1n) is 8.98. The molecule has 0 fully saturated rings. The number of thioether (sulfide) groups is 1. The van der Waals surface area contributed by atoms with Crippen LogP contribution < -0.4 is 10.9 Å². The molecule has 0 unspecified atom stereocenters. The molecule has 1 N–H and O–H groups in total. The summed E-state index contributed by atoms with van der Waals surface area (Å²) in [6.45, 7) is 0. The first-order valence-corrected chi connectivity index (χ1v) is 10.8. The number of halogens is 2. The van der Waals surface area contributed by atoms with Gasteiger partial charge in [-0.25, -0.2) is 9.37 Å². The Morgan fingerprint density at radius 3 is 2.50 bits per heavy atom. The summed E-state index contributed by atoms with van der Waals surface area (Å²) < 4.78 is 16.6. The molecule has 0 aliphatic rings. The van der Waals surface area contributed by atoms with Gasteiger partial charge in [-0.15, -0.1) is 0 Å². The van der Waals surface area contributed by atoms with Gasteiger partial charge in [-0.3, -0.25) is 14.2 Å². The zero-order chi connectivity index (χ0) is 21.1. The molecular formula is C22H15BrFN3O2S. The van der Waals surface area contributed by atoms with Gasteiger partial charge in [0.2, 0.25) is 5.91 Å². The predicted octanol–water partition coefficient (Wildman–Crippen LogP) is 5.02. The van der Waals surface area contributed by atoms with Gasteiger partial charge in [0.1, 0.15) is 5.82 Å². The zero-order valence-corrected chi connectivity index (χ0v) is 17.9. The van der Waals surface area contributed by atoms with E-state index in [1.807, 2.05) is 12.1 Å². The number of nitrogens with zero attached hydrogens (tertiary/aromatic N) is 2. The van der Waals surface area contributed by atoms with Crippen LogP contribution >= 0.6 is 27.7 Å². The Balaban J connectivity index is 1.68. The highest BCUT2D eigenvalue weighted by Gasteiger charge is 2.17. The number of nitrogens with one attached hydrogen (secondary N) is 1. The molecule has 150 valence electrons. The number of amides is 1. The standard InChI is InChI=1S/C22H15BrFN3O2S/c23-14-9-11-15(12-10-14)25-20(28)13-30-22-26-18-7-3-1-5-16(18)21(29)27(22)19-8-4-2-6-17(19)24/h1-12H,13H2,(H,25,28). The van der Waals surface area contributed by atoms with Crippen LogP contribution in [0.2, 0.25) is 0 Å². The highest BCUT2D eigenvalue weighted by atomic mass is 79.9. The second-order valence-electron chi connectivity index (χ2n) is 6.35. The second kappa shape index (κ2) is 8.81. The maximum absolute atomic E-state index is 14.5. The van der Waals surface area contributed by atoms with Crippen molar-refractivity contribution in [3.8, 4) is 5.69 Å². The lowest BCUT2D eigenvalue weighted by Crippen LogP contribution is -2.23. The summed E-state index contributed by atoms with van der Waals surface area (Å²) in [7, 11) is 0. The lowest BCUT2D eigenvalue weighted by Gasteiger charge is -2.14. The average molecular weight is 484 g/mol. The molecule has 0 saturated heterocycles. The molecule has 0 aliphatic heterocycles. The Hall–Kier alpha value is -2.97. The lowest BCUT2D eigenvalue weighted by atomic mass is 10.2. The van der Waals surface area contributed by atoms with Crippen LogP contribution in [0.5, 0.6) is 0 Å². The van der Waals surface area contributed by atoms with Gasteiger partial charge in [0.25, 0.3) is 5.56 Å². The molecule has 5 nitrogen and oxygen atoms in total. The number of benzene rings is 3. The van der Waals surface area contributed by atoms with Crippen LogP contribution in [0, 0.1) is 5.82 Å². The third kappa shape index (κ3) is 4.29. The van der Waals surface area contributed by atoms with Gasteiger partial charge in [-0.1, -0.05) is 52.0 Å². The summed E-state index contributed by atoms with van der Waals surface area (Å²) in [5, 5.41) is 3.42. The largest absolute Gasteiger partial charge is 0.325 e. The quantitative estimate of drug-likeness (QED) is 0.319. The Labute approximate surface area is 184 Å². The van der Waals surface area contributed by atoms with Crippen LogP contribution in [0.3, 0.4) is 0 Å². The highest BCUT2D eigenvalue weighted by molar-refractivity contribution is 9.10. The van der Waals surface area contributed by atoms with E-state index in [0.717, 1.165) is 16.2 Å². The number of carbonyl (C=O) groups is 1. The fourth-order valence-electron chi connectivity index (χ4n) is 2.92. The average Bonchev–Trinajstić information content (AvgIpc) is 2.75. The lowest BCUT2D eigenvalue weighted by molar-refractivity contribution is -0.113. The number of hydrogen-bond donors (Lipinski definition) is 1. The first kappa shape index (κ1) is 20.3. The summed E-state index contributed by atoms with van der Waals surface area (Å²) in [5.74, 6) is -0.794. The van der Waals surface area contributed by atoms with Crippen LogP contribution in [0.25, 0.3) is 16.6 Å². The van der Waals surface area contributed by atoms with E-state index in [0.29, 0.717) is 16.6 Å². The number of hydrogen-bond acceptors (Lipinski definition) is 4. The Kier molecular flexibility index (Phi) is 5.96. The van der Waals surface area contributed by atoms with Crippen LogP contribution in [0.1, 0.15) is 0 Å². The molecule has 0 atom stereocenters. The van der Waals surface area contributed by atoms with Crippen LogP contribution in [-0.4, -0.2) is 21.2 Å². The molecule has 3 aromatic carbocycles. The topological polar surface area (TPSA) is 64.0 Å². The fraction of sp³-hybridized carbons (Fsp3) is 0.0455. The minimum absolute atomic E-state index is 0.00922.